The predicted molar refractivity (Wildman–Crippen MR) is 98.0 cm³/mol. The van der Waals surface area contributed by atoms with Crippen molar-refractivity contribution in [3.63, 3.8) is 0 Å². The van der Waals surface area contributed by atoms with Gasteiger partial charge in [0.2, 0.25) is 0 Å². The van der Waals surface area contributed by atoms with Gasteiger partial charge in [0.25, 0.3) is 0 Å². The van der Waals surface area contributed by atoms with Crippen LogP contribution in [-0.4, -0.2) is 72.7 Å². The summed E-state index contributed by atoms with van der Waals surface area (Å²) in [7, 11) is 7.29. The lowest BCUT2D eigenvalue weighted by Crippen LogP contribution is -2.36. The minimum Gasteiger partial charge on any atom is -0.398 e. The summed E-state index contributed by atoms with van der Waals surface area (Å²) in [4.78, 5) is 0. The normalized spacial score (nSPS) is 12.0. The van der Waals surface area contributed by atoms with Gasteiger partial charge in [-0.2, -0.15) is 0 Å². The smallest absolute Gasteiger partial charge is 0.334 e. The number of rotatable bonds is 12. The van der Waals surface area contributed by atoms with Gasteiger partial charge in [0.05, 0.1) is 0 Å². The van der Waals surface area contributed by atoms with E-state index in [0.29, 0.717) is 0 Å². The van der Waals surface area contributed by atoms with Crippen LogP contribution >= 0.6 is 0 Å². The molecule has 0 aliphatic carbocycles. The quantitative estimate of drug-likeness (QED) is 0.412. The van der Waals surface area contributed by atoms with E-state index >= 15 is 0 Å². The van der Waals surface area contributed by atoms with E-state index in [1.807, 2.05) is 14.1 Å². The van der Waals surface area contributed by atoms with E-state index in [-0.39, 0.29) is 0 Å². The fourth-order valence-electron chi connectivity index (χ4n) is 1.75. The van der Waals surface area contributed by atoms with Gasteiger partial charge in [0, 0.05) is 28.4 Å². The maximum Gasteiger partial charge on any atom is 0.334 e. The van der Waals surface area contributed by atoms with Crippen LogP contribution in [0.15, 0.2) is 0 Å². The predicted octanol–water partition coefficient (Wildman–Crippen LogP) is 1.92. The molecule has 0 fully saturated rings. The van der Waals surface area contributed by atoms with E-state index in [1.54, 1.807) is 28.4 Å². The topological polar surface area (TPSA) is 61.0 Å². The summed E-state index contributed by atoms with van der Waals surface area (Å²) in [5.74, 6) is 0. The molecule has 0 radical (unpaired) electrons. The van der Waals surface area contributed by atoms with Gasteiger partial charge >= 0.3 is 17.1 Å². The van der Waals surface area contributed by atoms with Crippen LogP contribution in [0, 0.1) is 0 Å². The van der Waals surface area contributed by atoms with Gasteiger partial charge < -0.3 is 28.3 Å². The highest BCUT2D eigenvalue weighted by molar-refractivity contribution is 6.66. The maximum atomic E-state index is 5.32. The fourth-order valence-corrected chi connectivity index (χ4v) is 4.54. The molecule has 0 saturated heterocycles. The highest BCUT2D eigenvalue weighted by Crippen LogP contribution is 2.13. The average Bonchev–Trinajstić information content (AvgIpc) is 2.55. The first-order valence-corrected chi connectivity index (χ1v) is 12.9. The first-order chi connectivity index (χ1) is 10.4. The second-order valence-corrected chi connectivity index (χ2v) is 12.7. The second kappa shape index (κ2) is 14.8. The lowest BCUT2D eigenvalue weighted by Gasteiger charge is -2.22. The molecule has 0 bridgehead atoms. The Bertz CT molecular complexity index is 217. The van der Waals surface area contributed by atoms with Crippen molar-refractivity contribution < 1.29 is 17.7 Å². The molecule has 8 heteroatoms. The summed E-state index contributed by atoms with van der Waals surface area (Å²) in [6.07, 6.45) is 2.25. The molecule has 0 amide bonds. The van der Waals surface area contributed by atoms with Gasteiger partial charge in [-0.25, -0.2) is 0 Å². The van der Waals surface area contributed by atoms with E-state index in [9.17, 15) is 0 Å². The van der Waals surface area contributed by atoms with Gasteiger partial charge in [-0.15, -0.1) is 0 Å². The van der Waals surface area contributed by atoms with Crippen LogP contribution in [-0.2, 0) is 17.7 Å². The molecule has 0 atom stereocenters. The Labute approximate surface area is 139 Å². The third-order valence-electron chi connectivity index (χ3n) is 3.84. The number of hydrogen-bond acceptors (Lipinski definition) is 6. The lowest BCUT2D eigenvalue weighted by atomic mass is 10.5. The van der Waals surface area contributed by atoms with Crippen LogP contribution in [0.5, 0.6) is 0 Å². The molecule has 0 aliphatic rings. The largest absolute Gasteiger partial charge is 0.398 e. The molecule has 2 N–H and O–H groups in total. The van der Waals surface area contributed by atoms with Crippen LogP contribution < -0.4 is 10.6 Å². The van der Waals surface area contributed by atoms with Crippen LogP contribution in [0.2, 0.25) is 25.2 Å². The van der Waals surface area contributed by atoms with E-state index in [1.165, 1.54) is 0 Å². The van der Waals surface area contributed by atoms with Gasteiger partial charge in [-0.1, -0.05) is 0 Å². The molecule has 0 aromatic heterocycles. The molecule has 22 heavy (non-hydrogen) atoms. The van der Waals surface area contributed by atoms with Crippen molar-refractivity contribution in [1.82, 2.24) is 10.6 Å². The van der Waals surface area contributed by atoms with E-state index < -0.39 is 17.1 Å². The minimum absolute atomic E-state index is 1.04. The van der Waals surface area contributed by atoms with Crippen LogP contribution in [0.3, 0.4) is 0 Å². The zero-order valence-corrected chi connectivity index (χ0v) is 17.9. The van der Waals surface area contributed by atoms with Crippen molar-refractivity contribution >= 4 is 17.1 Å². The maximum absolute atomic E-state index is 5.32. The molecule has 136 valence electrons. The van der Waals surface area contributed by atoms with Gasteiger partial charge in [0.1, 0.15) is 0 Å². The standard InChI is InChI=1S/2C7H19NO2Si/c2*1-8-6-5-7-11(4,9-2)10-3/h2*8H,5-7H2,1-4H3. The first-order valence-electron chi connectivity index (χ1n) is 7.86. The highest BCUT2D eigenvalue weighted by atomic mass is 28.4. The Morgan fingerprint density at radius 3 is 1.09 bits per heavy atom. The summed E-state index contributed by atoms with van der Waals surface area (Å²) in [5.41, 5.74) is 0. The van der Waals surface area contributed by atoms with Crippen molar-refractivity contribution in [2.45, 2.75) is 38.0 Å². The van der Waals surface area contributed by atoms with Gasteiger partial charge in [-0.05, 0) is 65.2 Å². The molecule has 0 rings (SSSR count). The highest BCUT2D eigenvalue weighted by Gasteiger charge is 2.27. The van der Waals surface area contributed by atoms with E-state index in [0.717, 1.165) is 38.0 Å². The zero-order valence-electron chi connectivity index (χ0n) is 15.9. The Kier molecular flexibility index (Phi) is 16.4. The summed E-state index contributed by atoms with van der Waals surface area (Å²) in [6, 6.07) is 2.11. The molecular weight excluding hydrogens is 316 g/mol. The molecule has 6 nitrogen and oxygen atoms in total. The second-order valence-electron chi connectivity index (χ2n) is 5.50. The fraction of sp³-hybridized carbons (Fsp3) is 1.00. The molecule has 0 unspecified atom stereocenters. The Balaban J connectivity index is 0. The summed E-state index contributed by atoms with van der Waals surface area (Å²) >= 11 is 0. The van der Waals surface area contributed by atoms with Crippen molar-refractivity contribution in [3.05, 3.63) is 0 Å². The monoisotopic (exact) mass is 354 g/mol. The Morgan fingerprint density at radius 1 is 0.636 bits per heavy atom. The Hall–Kier alpha value is 0.194. The zero-order chi connectivity index (χ0) is 17.5. The van der Waals surface area contributed by atoms with E-state index in [2.05, 4.69) is 23.7 Å². The molecule has 0 heterocycles. The average molecular weight is 355 g/mol. The van der Waals surface area contributed by atoms with Gasteiger partial charge in [0.15, 0.2) is 0 Å². The summed E-state index contributed by atoms with van der Waals surface area (Å²) < 4.78 is 21.3. The third kappa shape index (κ3) is 12.7. The van der Waals surface area contributed by atoms with Crippen LogP contribution in [0.1, 0.15) is 12.8 Å². The number of nitrogens with one attached hydrogen (secondary N) is 2. The molecule has 0 aromatic rings. The Morgan fingerprint density at radius 2 is 0.909 bits per heavy atom. The van der Waals surface area contributed by atoms with Crippen LogP contribution in [0.4, 0.5) is 0 Å². The third-order valence-corrected chi connectivity index (χ3v) is 9.82. The molecule has 0 aliphatic heterocycles. The molecule has 0 saturated carbocycles. The number of hydrogen-bond donors (Lipinski definition) is 2. The van der Waals surface area contributed by atoms with Crippen molar-refractivity contribution in [2.75, 3.05) is 55.6 Å². The first kappa shape index (κ1) is 24.4. The van der Waals surface area contributed by atoms with Crippen LogP contribution in [0.25, 0.3) is 0 Å². The minimum atomic E-state index is -1.77. The summed E-state index contributed by atoms with van der Waals surface area (Å²) in [6.45, 7) is 6.25. The lowest BCUT2D eigenvalue weighted by molar-refractivity contribution is 0.248. The molecule has 0 aromatic carbocycles. The van der Waals surface area contributed by atoms with E-state index in [4.69, 9.17) is 17.7 Å². The van der Waals surface area contributed by atoms with Crippen molar-refractivity contribution in [2.24, 2.45) is 0 Å². The van der Waals surface area contributed by atoms with Crippen molar-refractivity contribution in [1.29, 1.82) is 0 Å². The molecular formula is C14H38N2O4Si2. The van der Waals surface area contributed by atoms with Crippen molar-refractivity contribution in [3.8, 4) is 0 Å². The van der Waals surface area contributed by atoms with Gasteiger partial charge in [-0.3, -0.25) is 0 Å². The molecule has 0 spiro atoms. The SMILES string of the molecule is CNCCC[Si](C)(OC)OC.CNCCC[Si](C)(OC)OC. The summed E-state index contributed by atoms with van der Waals surface area (Å²) in [5, 5.41) is 6.20.